The highest BCUT2D eigenvalue weighted by atomic mass is 79.9. The number of ether oxygens (including phenoxy) is 1. The number of alkyl halides is 1. The Morgan fingerprint density at radius 1 is 1.50 bits per heavy atom. The minimum absolute atomic E-state index is 0.0247. The lowest BCUT2D eigenvalue weighted by atomic mass is 10.0. The first-order chi connectivity index (χ1) is 9.41. The van der Waals surface area contributed by atoms with Crippen molar-refractivity contribution in [3.05, 3.63) is 35.6 Å². The summed E-state index contributed by atoms with van der Waals surface area (Å²) in [6.45, 7) is 5.00. The molecule has 0 N–H and O–H groups in total. The van der Waals surface area contributed by atoms with E-state index in [1.807, 2.05) is 13.8 Å². The molecule has 0 radical (unpaired) electrons. The Hall–Kier alpha value is -0.940. The van der Waals surface area contributed by atoms with E-state index in [4.69, 9.17) is 4.74 Å². The van der Waals surface area contributed by atoms with Gasteiger partial charge in [0, 0.05) is 18.4 Å². The van der Waals surface area contributed by atoms with Crippen LogP contribution in [0, 0.1) is 5.82 Å². The highest BCUT2D eigenvalue weighted by Crippen LogP contribution is 2.23. The second-order valence-corrected chi connectivity index (χ2v) is 6.34. The molecule has 0 aromatic heterocycles. The van der Waals surface area contributed by atoms with Crippen LogP contribution in [0.15, 0.2) is 24.3 Å². The van der Waals surface area contributed by atoms with Crippen LogP contribution in [0.3, 0.4) is 0 Å². The molecule has 1 aliphatic rings. The Kier molecular flexibility index (Phi) is 4.81. The fourth-order valence-electron chi connectivity index (χ4n) is 2.48. The molecule has 2 rings (SSSR count). The van der Waals surface area contributed by atoms with Crippen LogP contribution in [0.2, 0.25) is 0 Å². The Morgan fingerprint density at radius 3 is 2.85 bits per heavy atom. The van der Waals surface area contributed by atoms with Crippen LogP contribution in [0.4, 0.5) is 4.39 Å². The van der Waals surface area contributed by atoms with Gasteiger partial charge in [-0.15, -0.1) is 0 Å². The van der Waals surface area contributed by atoms with Crippen molar-refractivity contribution < 1.29 is 13.9 Å². The van der Waals surface area contributed by atoms with Crippen LogP contribution in [-0.4, -0.2) is 40.9 Å². The zero-order chi connectivity index (χ0) is 14.8. The van der Waals surface area contributed by atoms with E-state index >= 15 is 0 Å². The third kappa shape index (κ3) is 3.79. The zero-order valence-electron chi connectivity index (χ0n) is 11.7. The van der Waals surface area contributed by atoms with Gasteiger partial charge in [-0.25, -0.2) is 4.39 Å². The third-order valence-electron chi connectivity index (χ3n) is 3.31. The van der Waals surface area contributed by atoms with Crippen molar-refractivity contribution in [1.29, 1.82) is 0 Å². The van der Waals surface area contributed by atoms with Crippen LogP contribution in [0.25, 0.3) is 0 Å². The number of benzene rings is 1. The molecule has 20 heavy (non-hydrogen) atoms. The molecule has 1 amide bonds. The molecule has 1 aliphatic heterocycles. The van der Waals surface area contributed by atoms with Gasteiger partial charge in [0.15, 0.2) is 0 Å². The van der Waals surface area contributed by atoms with Gasteiger partial charge in [-0.2, -0.15) is 0 Å². The average molecular weight is 344 g/mol. The monoisotopic (exact) mass is 343 g/mol. The summed E-state index contributed by atoms with van der Waals surface area (Å²) in [5.41, 5.74) is 0.0684. The first-order valence-corrected chi connectivity index (χ1v) is 7.78. The molecule has 1 saturated heterocycles. The molecule has 0 aliphatic carbocycles. The second kappa shape index (κ2) is 6.22. The van der Waals surface area contributed by atoms with Crippen LogP contribution in [0.1, 0.15) is 19.4 Å². The quantitative estimate of drug-likeness (QED) is 0.790. The molecular weight excluding hydrogens is 325 g/mol. The largest absolute Gasteiger partial charge is 0.368 e. The van der Waals surface area contributed by atoms with Crippen LogP contribution < -0.4 is 0 Å². The normalized spacial score (nSPS) is 21.8. The standard InChI is InChI=1S/C15H19BrFNO2/c1-15(2)10-18(9-12(8-16)20-15)14(19)7-11-5-3-4-6-13(11)17/h3-6,12H,7-10H2,1-2H3. The van der Waals surface area contributed by atoms with Crippen molar-refractivity contribution in [3.63, 3.8) is 0 Å². The predicted molar refractivity (Wildman–Crippen MR) is 79.4 cm³/mol. The van der Waals surface area contributed by atoms with E-state index in [-0.39, 0.29) is 29.9 Å². The second-order valence-electron chi connectivity index (χ2n) is 5.70. The van der Waals surface area contributed by atoms with Crippen molar-refractivity contribution in [2.24, 2.45) is 0 Å². The average Bonchev–Trinajstić information content (AvgIpc) is 2.39. The molecule has 1 aromatic carbocycles. The van der Waals surface area contributed by atoms with Gasteiger partial charge in [-0.3, -0.25) is 4.79 Å². The van der Waals surface area contributed by atoms with Crippen molar-refractivity contribution in [2.75, 3.05) is 18.4 Å². The molecule has 0 spiro atoms. The molecular formula is C15H19BrFNO2. The first kappa shape index (κ1) is 15.4. The number of morpholine rings is 1. The van der Waals surface area contributed by atoms with Crippen LogP contribution in [0.5, 0.6) is 0 Å². The number of halogens is 2. The minimum atomic E-state index is -0.373. The molecule has 1 fully saturated rings. The van der Waals surface area contributed by atoms with Crippen molar-refractivity contribution >= 4 is 21.8 Å². The summed E-state index contributed by atoms with van der Waals surface area (Å²) in [4.78, 5) is 14.1. The van der Waals surface area contributed by atoms with Gasteiger partial charge < -0.3 is 9.64 Å². The van der Waals surface area contributed by atoms with Gasteiger partial charge in [-0.05, 0) is 25.5 Å². The van der Waals surface area contributed by atoms with Crippen molar-refractivity contribution in [1.82, 2.24) is 4.90 Å². The zero-order valence-corrected chi connectivity index (χ0v) is 13.3. The van der Waals surface area contributed by atoms with Gasteiger partial charge in [0.05, 0.1) is 18.1 Å². The number of rotatable bonds is 3. The summed E-state index contributed by atoms with van der Waals surface area (Å²) < 4.78 is 19.5. The number of nitrogens with zero attached hydrogens (tertiary/aromatic N) is 1. The Bertz CT molecular complexity index is 493. The molecule has 1 unspecified atom stereocenters. The molecule has 1 heterocycles. The maximum absolute atomic E-state index is 13.6. The lowest BCUT2D eigenvalue weighted by molar-refractivity contribution is -0.156. The lowest BCUT2D eigenvalue weighted by Crippen LogP contribution is -2.55. The summed E-state index contributed by atoms with van der Waals surface area (Å²) in [5.74, 6) is -0.386. The molecule has 5 heteroatoms. The van der Waals surface area contributed by atoms with E-state index in [0.29, 0.717) is 24.0 Å². The SMILES string of the molecule is CC1(C)CN(C(=O)Cc2ccccc2F)CC(CBr)O1. The Labute approximate surface area is 127 Å². The van der Waals surface area contributed by atoms with Gasteiger partial charge in [0.1, 0.15) is 5.82 Å². The fourth-order valence-corrected chi connectivity index (χ4v) is 2.82. The minimum Gasteiger partial charge on any atom is -0.368 e. The summed E-state index contributed by atoms with van der Waals surface area (Å²) in [5, 5.41) is 0.680. The smallest absolute Gasteiger partial charge is 0.227 e. The lowest BCUT2D eigenvalue weighted by Gasteiger charge is -2.42. The maximum Gasteiger partial charge on any atom is 0.227 e. The molecule has 3 nitrogen and oxygen atoms in total. The van der Waals surface area contributed by atoms with E-state index in [0.717, 1.165) is 0 Å². The van der Waals surface area contributed by atoms with E-state index in [9.17, 15) is 9.18 Å². The summed E-state index contributed by atoms with van der Waals surface area (Å²) >= 11 is 3.39. The molecule has 110 valence electrons. The number of hydrogen-bond acceptors (Lipinski definition) is 2. The first-order valence-electron chi connectivity index (χ1n) is 6.66. The van der Waals surface area contributed by atoms with Crippen molar-refractivity contribution in [2.45, 2.75) is 32.0 Å². The summed E-state index contributed by atoms with van der Waals surface area (Å²) in [6, 6.07) is 6.41. The Balaban J connectivity index is 2.07. The van der Waals surface area contributed by atoms with E-state index in [1.54, 1.807) is 23.1 Å². The topological polar surface area (TPSA) is 29.5 Å². The number of amides is 1. The predicted octanol–water partition coefficient (Wildman–Crippen LogP) is 2.77. The Morgan fingerprint density at radius 2 is 2.20 bits per heavy atom. The maximum atomic E-state index is 13.6. The highest BCUT2D eigenvalue weighted by molar-refractivity contribution is 9.09. The van der Waals surface area contributed by atoms with Gasteiger partial charge in [0.2, 0.25) is 5.91 Å². The van der Waals surface area contributed by atoms with E-state index in [1.165, 1.54) is 6.07 Å². The number of hydrogen-bond donors (Lipinski definition) is 0. The van der Waals surface area contributed by atoms with Gasteiger partial charge >= 0.3 is 0 Å². The number of carbonyl (C=O) groups excluding carboxylic acids is 1. The van der Waals surface area contributed by atoms with Crippen LogP contribution in [-0.2, 0) is 16.0 Å². The molecule has 0 saturated carbocycles. The third-order valence-corrected chi connectivity index (χ3v) is 4.03. The van der Waals surface area contributed by atoms with Gasteiger partial charge in [0.25, 0.3) is 0 Å². The van der Waals surface area contributed by atoms with Crippen LogP contribution >= 0.6 is 15.9 Å². The summed E-state index contributed by atoms with van der Waals surface area (Å²) in [6.07, 6.45) is 0.0703. The number of carbonyl (C=O) groups is 1. The highest BCUT2D eigenvalue weighted by Gasteiger charge is 2.35. The molecule has 0 bridgehead atoms. The molecule has 1 atom stereocenters. The molecule has 1 aromatic rings. The summed E-state index contributed by atoms with van der Waals surface area (Å²) in [7, 11) is 0. The fraction of sp³-hybridized carbons (Fsp3) is 0.533. The van der Waals surface area contributed by atoms with E-state index < -0.39 is 0 Å². The van der Waals surface area contributed by atoms with Crippen molar-refractivity contribution in [3.8, 4) is 0 Å². The van der Waals surface area contributed by atoms with E-state index in [2.05, 4.69) is 15.9 Å². The van der Waals surface area contributed by atoms with Gasteiger partial charge in [-0.1, -0.05) is 34.1 Å².